The summed E-state index contributed by atoms with van der Waals surface area (Å²) in [6, 6.07) is 1.16. The fourth-order valence-electron chi connectivity index (χ4n) is 2.72. The number of aromatic nitrogens is 2. The van der Waals surface area contributed by atoms with Crippen LogP contribution in [0, 0.1) is 0 Å². The van der Waals surface area contributed by atoms with Crippen LogP contribution in [-0.2, 0) is 29.0 Å². The fraction of sp³-hybridized carbons (Fsp3) is 0.692. The third-order valence-electron chi connectivity index (χ3n) is 3.81. The molecule has 2 N–H and O–H groups in total. The number of H-pyrrole nitrogens is 1. The number of hydrogen-bond donors (Lipinski definition) is 2. The molecule has 11 heteroatoms. The van der Waals surface area contributed by atoms with Crippen LogP contribution in [0.15, 0.2) is 21.9 Å². The van der Waals surface area contributed by atoms with Crippen LogP contribution in [0.2, 0.25) is 0 Å². The predicted octanol–water partition coefficient (Wildman–Crippen LogP) is -0.776. The number of nitrogens with one attached hydrogen (secondary N) is 1. The van der Waals surface area contributed by atoms with Gasteiger partial charge >= 0.3 is 14.4 Å². The molecular formula is C13H19N2O8P. The molecule has 24 heavy (non-hydrogen) atoms. The quantitative estimate of drug-likeness (QED) is 0.455. The zero-order valence-electron chi connectivity index (χ0n) is 13.2. The Hall–Kier alpha value is -1.42. The number of ether oxygens (including phenoxy) is 3. The molecule has 0 saturated carbocycles. The normalized spacial score (nSPS) is 30.0. The summed E-state index contributed by atoms with van der Waals surface area (Å²) in [5, 5.41) is 9.51. The lowest BCUT2D eigenvalue weighted by molar-refractivity contribution is -0.155. The van der Waals surface area contributed by atoms with E-state index in [1.54, 1.807) is 6.92 Å². The first-order valence-electron chi connectivity index (χ1n) is 7.18. The van der Waals surface area contributed by atoms with Gasteiger partial charge in [-0.15, -0.1) is 0 Å². The summed E-state index contributed by atoms with van der Waals surface area (Å²) >= 11 is 0. The minimum absolute atomic E-state index is 0.159. The van der Waals surface area contributed by atoms with Crippen molar-refractivity contribution in [3.8, 4) is 0 Å². The van der Waals surface area contributed by atoms with E-state index in [2.05, 4.69) is 4.98 Å². The lowest BCUT2D eigenvalue weighted by Gasteiger charge is -2.32. The monoisotopic (exact) mass is 362 g/mol. The number of methoxy groups -OCH3 is 1. The highest BCUT2D eigenvalue weighted by Crippen LogP contribution is 2.39. The fourth-order valence-corrected chi connectivity index (χ4v) is 3.07. The number of rotatable bonds is 8. The average molecular weight is 362 g/mol. The van der Waals surface area contributed by atoms with Crippen molar-refractivity contribution in [2.75, 3.05) is 26.9 Å². The maximum atomic E-state index is 12.1. The van der Waals surface area contributed by atoms with Gasteiger partial charge in [-0.1, -0.05) is 0 Å². The SMILES string of the molecule is COCCO[C@@H]1[C@H](OP=O)[C@@H](CO)O[C@@]1(C)n1ccc(=O)[nH]c1=O. The number of aliphatic hydroxyl groups excluding tert-OH is 1. The average Bonchev–Trinajstić information content (AvgIpc) is 2.81. The largest absolute Gasteiger partial charge is 0.394 e. The molecule has 0 aliphatic carbocycles. The summed E-state index contributed by atoms with van der Waals surface area (Å²) in [5.41, 5.74) is -2.65. The van der Waals surface area contributed by atoms with E-state index < -0.39 is 50.6 Å². The highest BCUT2D eigenvalue weighted by atomic mass is 31.1. The van der Waals surface area contributed by atoms with E-state index in [9.17, 15) is 19.3 Å². The highest BCUT2D eigenvalue weighted by molar-refractivity contribution is 7.17. The van der Waals surface area contributed by atoms with Gasteiger partial charge in [-0.3, -0.25) is 18.9 Å². The molecule has 1 aliphatic rings. The molecule has 0 amide bonds. The third-order valence-corrected chi connectivity index (χ3v) is 4.14. The Morgan fingerprint density at radius 1 is 1.46 bits per heavy atom. The van der Waals surface area contributed by atoms with E-state index in [-0.39, 0.29) is 13.2 Å². The highest BCUT2D eigenvalue weighted by Gasteiger charge is 2.55. The van der Waals surface area contributed by atoms with Gasteiger partial charge in [0.25, 0.3) is 5.56 Å². The van der Waals surface area contributed by atoms with Gasteiger partial charge in [0.1, 0.15) is 18.3 Å². The van der Waals surface area contributed by atoms with Crippen LogP contribution in [0.1, 0.15) is 6.92 Å². The van der Waals surface area contributed by atoms with E-state index in [0.29, 0.717) is 0 Å². The van der Waals surface area contributed by atoms with Crippen molar-refractivity contribution in [1.29, 1.82) is 0 Å². The lowest BCUT2D eigenvalue weighted by atomic mass is 10.0. The maximum Gasteiger partial charge on any atom is 0.330 e. The number of aromatic amines is 1. The van der Waals surface area contributed by atoms with Gasteiger partial charge in [0, 0.05) is 19.4 Å². The summed E-state index contributed by atoms with van der Waals surface area (Å²) < 4.78 is 33.6. The molecule has 1 saturated heterocycles. The molecule has 10 nitrogen and oxygen atoms in total. The second-order valence-corrected chi connectivity index (χ2v) is 5.66. The van der Waals surface area contributed by atoms with Crippen LogP contribution < -0.4 is 11.2 Å². The van der Waals surface area contributed by atoms with E-state index >= 15 is 0 Å². The van der Waals surface area contributed by atoms with Crippen molar-refractivity contribution in [3.05, 3.63) is 33.1 Å². The van der Waals surface area contributed by atoms with E-state index in [1.165, 1.54) is 13.3 Å². The second kappa shape index (κ2) is 8.11. The molecule has 0 aromatic carbocycles. The van der Waals surface area contributed by atoms with Crippen LogP contribution in [0.5, 0.6) is 0 Å². The second-order valence-electron chi connectivity index (χ2n) is 5.30. The van der Waals surface area contributed by atoms with Crippen molar-refractivity contribution in [2.45, 2.75) is 31.0 Å². The molecule has 134 valence electrons. The molecule has 0 radical (unpaired) electrons. The lowest BCUT2D eigenvalue weighted by Crippen LogP contribution is -2.51. The Morgan fingerprint density at radius 2 is 2.21 bits per heavy atom. The van der Waals surface area contributed by atoms with Crippen molar-refractivity contribution < 1.29 is 28.4 Å². The van der Waals surface area contributed by atoms with Gasteiger partial charge in [-0.25, -0.2) is 9.36 Å². The summed E-state index contributed by atoms with van der Waals surface area (Å²) in [6.07, 6.45) is -1.38. The van der Waals surface area contributed by atoms with Gasteiger partial charge in [0.2, 0.25) is 0 Å². The zero-order valence-corrected chi connectivity index (χ0v) is 14.1. The zero-order chi connectivity index (χ0) is 17.7. The molecule has 1 fully saturated rings. The van der Waals surface area contributed by atoms with E-state index in [4.69, 9.17) is 18.7 Å². The minimum Gasteiger partial charge on any atom is -0.394 e. The first-order chi connectivity index (χ1) is 11.5. The topological polar surface area (TPSA) is 129 Å². The Morgan fingerprint density at radius 3 is 2.79 bits per heavy atom. The molecule has 1 aromatic rings. The van der Waals surface area contributed by atoms with Crippen molar-refractivity contribution >= 4 is 8.69 Å². The Balaban J connectivity index is 2.44. The Kier molecular flexibility index (Phi) is 6.39. The molecule has 2 rings (SSSR count). The number of aliphatic hydroxyl groups is 1. The molecule has 4 atom stereocenters. The molecule has 2 heterocycles. The van der Waals surface area contributed by atoms with Gasteiger partial charge in [-0.05, 0) is 6.92 Å². The first-order valence-corrected chi connectivity index (χ1v) is 7.91. The molecular weight excluding hydrogens is 343 g/mol. The van der Waals surface area contributed by atoms with Gasteiger partial charge in [-0.2, -0.15) is 0 Å². The summed E-state index contributed by atoms with van der Waals surface area (Å²) in [4.78, 5) is 25.6. The van der Waals surface area contributed by atoms with E-state index in [0.717, 1.165) is 10.6 Å². The molecule has 1 aliphatic heterocycles. The smallest absolute Gasteiger partial charge is 0.330 e. The van der Waals surface area contributed by atoms with Crippen LogP contribution in [0.4, 0.5) is 0 Å². The summed E-state index contributed by atoms with van der Waals surface area (Å²) in [6.45, 7) is 1.56. The summed E-state index contributed by atoms with van der Waals surface area (Å²) in [7, 11) is 0.886. The minimum atomic E-state index is -1.39. The van der Waals surface area contributed by atoms with Gasteiger partial charge < -0.3 is 19.3 Å². The number of hydrogen-bond acceptors (Lipinski definition) is 8. The predicted molar refractivity (Wildman–Crippen MR) is 81.0 cm³/mol. The van der Waals surface area contributed by atoms with Gasteiger partial charge in [0.05, 0.1) is 19.8 Å². The molecule has 0 bridgehead atoms. The van der Waals surface area contributed by atoms with Crippen LogP contribution in [0.25, 0.3) is 0 Å². The maximum absolute atomic E-state index is 12.1. The first kappa shape index (κ1) is 18.9. The van der Waals surface area contributed by atoms with Crippen LogP contribution >= 0.6 is 8.69 Å². The van der Waals surface area contributed by atoms with Gasteiger partial charge in [0.15, 0.2) is 5.72 Å². The third kappa shape index (κ3) is 3.64. The summed E-state index contributed by atoms with van der Waals surface area (Å²) in [5.74, 6) is 0. The van der Waals surface area contributed by atoms with Crippen molar-refractivity contribution in [3.63, 3.8) is 0 Å². The molecule has 1 aromatic heterocycles. The molecule has 0 unspecified atom stereocenters. The Bertz CT molecular complexity index is 676. The number of nitrogens with zero attached hydrogens (tertiary/aromatic N) is 1. The van der Waals surface area contributed by atoms with Crippen molar-refractivity contribution in [2.24, 2.45) is 0 Å². The molecule has 0 spiro atoms. The Labute approximate surface area is 138 Å². The van der Waals surface area contributed by atoms with Crippen molar-refractivity contribution in [1.82, 2.24) is 9.55 Å². The van der Waals surface area contributed by atoms with E-state index in [1.807, 2.05) is 0 Å². The van der Waals surface area contributed by atoms with Crippen LogP contribution in [-0.4, -0.2) is 59.9 Å². The van der Waals surface area contributed by atoms with Crippen LogP contribution in [0.3, 0.4) is 0 Å². The standard InChI is InChI=1S/C13H19N2O8P/c1-13(15-4-3-9(17)14-12(15)18)11(21-6-5-20-2)10(23-24-19)8(7-16)22-13/h3-4,8,10-11,16H,5-7H2,1-2H3,(H,14,17,18)/t8-,10-,11-,13-/m1/s1.